The number of hydrogen-bond donors (Lipinski definition) is 3. The summed E-state index contributed by atoms with van der Waals surface area (Å²) in [5, 5.41) is 22.4. The molecule has 0 spiro atoms. The van der Waals surface area contributed by atoms with Crippen LogP contribution in [0, 0.1) is 0 Å². The molecule has 1 amide bonds. The van der Waals surface area contributed by atoms with E-state index in [1.54, 1.807) is 6.08 Å². The molecular formula is C42H79NO3. The van der Waals surface area contributed by atoms with Gasteiger partial charge < -0.3 is 15.5 Å². The molecule has 0 saturated heterocycles. The van der Waals surface area contributed by atoms with E-state index >= 15 is 0 Å². The lowest BCUT2D eigenvalue weighted by Crippen LogP contribution is -2.45. The maximum atomic E-state index is 12.1. The average molecular weight is 646 g/mol. The highest BCUT2D eigenvalue weighted by Gasteiger charge is 2.17. The summed E-state index contributed by atoms with van der Waals surface area (Å²) in [5.41, 5.74) is 0. The summed E-state index contributed by atoms with van der Waals surface area (Å²) in [4.78, 5) is 12.1. The SMILES string of the molecule is CCC/C=C/C(O)C(CO)NC(=O)CCCCCCCCCCCCCCCCCCCCC/C=C\C/C=C\CCCCCCC. The van der Waals surface area contributed by atoms with Crippen LogP contribution in [0.3, 0.4) is 0 Å². The van der Waals surface area contributed by atoms with Crippen LogP contribution in [-0.2, 0) is 4.79 Å². The minimum absolute atomic E-state index is 0.0751. The van der Waals surface area contributed by atoms with E-state index in [0.717, 1.165) is 32.1 Å². The van der Waals surface area contributed by atoms with Crippen molar-refractivity contribution in [2.75, 3.05) is 6.61 Å². The molecule has 4 nitrogen and oxygen atoms in total. The smallest absolute Gasteiger partial charge is 0.220 e. The summed E-state index contributed by atoms with van der Waals surface area (Å²) in [6.45, 7) is 4.10. The molecule has 0 fully saturated rings. The topological polar surface area (TPSA) is 69.6 Å². The van der Waals surface area contributed by atoms with Crippen LogP contribution in [0.5, 0.6) is 0 Å². The first kappa shape index (κ1) is 44.6. The first-order valence-corrected chi connectivity index (χ1v) is 20.2. The van der Waals surface area contributed by atoms with Crippen molar-refractivity contribution in [3.8, 4) is 0 Å². The Morgan fingerprint density at radius 3 is 1.35 bits per heavy atom. The number of nitrogens with one attached hydrogen (secondary N) is 1. The van der Waals surface area contributed by atoms with E-state index in [1.807, 2.05) is 6.08 Å². The third kappa shape index (κ3) is 34.0. The number of carbonyl (C=O) groups is 1. The number of allylic oxidation sites excluding steroid dienone is 5. The van der Waals surface area contributed by atoms with Crippen molar-refractivity contribution in [1.82, 2.24) is 5.32 Å². The second-order valence-electron chi connectivity index (χ2n) is 13.7. The monoisotopic (exact) mass is 646 g/mol. The van der Waals surface area contributed by atoms with Gasteiger partial charge >= 0.3 is 0 Å². The van der Waals surface area contributed by atoms with Gasteiger partial charge in [0.1, 0.15) is 0 Å². The van der Waals surface area contributed by atoms with Gasteiger partial charge in [0, 0.05) is 6.42 Å². The van der Waals surface area contributed by atoms with Gasteiger partial charge in [-0.3, -0.25) is 4.79 Å². The largest absolute Gasteiger partial charge is 0.394 e. The Hall–Kier alpha value is -1.39. The molecule has 0 aromatic rings. The van der Waals surface area contributed by atoms with Gasteiger partial charge in [0.05, 0.1) is 18.8 Å². The molecule has 0 rings (SSSR count). The van der Waals surface area contributed by atoms with Crippen molar-refractivity contribution in [3.63, 3.8) is 0 Å². The number of aliphatic hydroxyl groups excluding tert-OH is 2. The summed E-state index contributed by atoms with van der Waals surface area (Å²) in [5.74, 6) is -0.0751. The van der Waals surface area contributed by atoms with Crippen LogP contribution in [0.15, 0.2) is 36.5 Å². The van der Waals surface area contributed by atoms with Crippen molar-refractivity contribution in [2.24, 2.45) is 0 Å². The fraction of sp³-hybridized carbons (Fsp3) is 0.833. The Balaban J connectivity index is 3.32. The van der Waals surface area contributed by atoms with Gasteiger partial charge in [-0.15, -0.1) is 0 Å². The van der Waals surface area contributed by atoms with Crippen LogP contribution in [0.1, 0.15) is 206 Å². The highest BCUT2D eigenvalue weighted by atomic mass is 16.3. The van der Waals surface area contributed by atoms with E-state index in [2.05, 4.69) is 43.5 Å². The van der Waals surface area contributed by atoms with E-state index < -0.39 is 12.1 Å². The summed E-state index contributed by atoms with van der Waals surface area (Å²) in [7, 11) is 0. The molecule has 0 bridgehead atoms. The molecule has 0 aliphatic carbocycles. The third-order valence-corrected chi connectivity index (χ3v) is 9.10. The van der Waals surface area contributed by atoms with Crippen LogP contribution in [0.25, 0.3) is 0 Å². The summed E-state index contributed by atoms with van der Waals surface area (Å²) >= 11 is 0. The Kier molecular flexibility index (Phi) is 36.9. The standard InChI is InChI=1S/C42H79NO3/c1-3-5-7-8-9-10-11-12-13-14-15-16-17-18-19-20-21-22-23-24-25-26-27-28-29-30-31-32-33-34-36-38-42(46)43-40(39-44)41(45)37-35-6-4-2/h11-12,14-15,35,37,40-41,44-45H,3-10,13,16-34,36,38-39H2,1-2H3,(H,43,46)/b12-11-,15-14-,37-35+. The number of carbonyl (C=O) groups excluding carboxylic acids is 1. The lowest BCUT2D eigenvalue weighted by atomic mass is 10.0. The molecule has 0 aliphatic heterocycles. The zero-order valence-electron chi connectivity index (χ0n) is 30.8. The predicted molar refractivity (Wildman–Crippen MR) is 202 cm³/mol. The average Bonchev–Trinajstić information content (AvgIpc) is 3.06. The van der Waals surface area contributed by atoms with E-state index in [-0.39, 0.29) is 12.5 Å². The van der Waals surface area contributed by atoms with Crippen LogP contribution in [-0.4, -0.2) is 34.9 Å². The first-order valence-electron chi connectivity index (χ1n) is 20.2. The molecule has 0 radical (unpaired) electrons. The van der Waals surface area contributed by atoms with Gasteiger partial charge in [0.15, 0.2) is 0 Å². The molecule has 0 aromatic carbocycles. The van der Waals surface area contributed by atoms with Gasteiger partial charge in [-0.05, 0) is 44.9 Å². The highest BCUT2D eigenvalue weighted by Crippen LogP contribution is 2.15. The molecule has 0 saturated carbocycles. The van der Waals surface area contributed by atoms with Crippen LogP contribution >= 0.6 is 0 Å². The normalized spacial score (nSPS) is 13.4. The van der Waals surface area contributed by atoms with Gasteiger partial charge in [-0.1, -0.05) is 192 Å². The minimum Gasteiger partial charge on any atom is -0.394 e. The summed E-state index contributed by atoms with van der Waals surface area (Å²) < 4.78 is 0. The molecule has 4 heteroatoms. The van der Waals surface area contributed by atoms with Gasteiger partial charge in [-0.25, -0.2) is 0 Å². The molecule has 0 aliphatic rings. The van der Waals surface area contributed by atoms with Crippen LogP contribution in [0.2, 0.25) is 0 Å². The second-order valence-corrected chi connectivity index (χ2v) is 13.7. The quantitative estimate of drug-likeness (QED) is 0.0469. The van der Waals surface area contributed by atoms with Crippen LogP contribution in [0.4, 0.5) is 0 Å². The number of hydrogen-bond acceptors (Lipinski definition) is 3. The highest BCUT2D eigenvalue weighted by molar-refractivity contribution is 5.76. The Morgan fingerprint density at radius 2 is 0.935 bits per heavy atom. The van der Waals surface area contributed by atoms with Crippen molar-refractivity contribution in [2.45, 2.75) is 219 Å². The number of aliphatic hydroxyl groups is 2. The molecule has 3 N–H and O–H groups in total. The molecule has 2 atom stereocenters. The second kappa shape index (κ2) is 38.1. The Bertz CT molecular complexity index is 701. The zero-order valence-corrected chi connectivity index (χ0v) is 30.8. The molecular weight excluding hydrogens is 566 g/mol. The van der Waals surface area contributed by atoms with E-state index in [0.29, 0.717) is 6.42 Å². The third-order valence-electron chi connectivity index (χ3n) is 9.10. The lowest BCUT2D eigenvalue weighted by molar-refractivity contribution is -0.123. The maximum Gasteiger partial charge on any atom is 0.220 e. The number of amides is 1. The number of rotatable bonds is 36. The maximum absolute atomic E-state index is 12.1. The Labute approximate surface area is 287 Å². The lowest BCUT2D eigenvalue weighted by Gasteiger charge is -2.19. The summed E-state index contributed by atoms with van der Waals surface area (Å²) in [6.07, 6.45) is 50.4. The molecule has 46 heavy (non-hydrogen) atoms. The minimum atomic E-state index is -0.832. The van der Waals surface area contributed by atoms with Crippen molar-refractivity contribution < 1.29 is 15.0 Å². The molecule has 2 unspecified atom stereocenters. The van der Waals surface area contributed by atoms with Crippen molar-refractivity contribution >= 4 is 5.91 Å². The van der Waals surface area contributed by atoms with E-state index in [9.17, 15) is 15.0 Å². The number of unbranched alkanes of at least 4 members (excludes halogenated alkanes) is 25. The van der Waals surface area contributed by atoms with E-state index in [4.69, 9.17) is 0 Å². The van der Waals surface area contributed by atoms with Crippen LogP contribution < -0.4 is 5.32 Å². The van der Waals surface area contributed by atoms with Gasteiger partial charge in [0.2, 0.25) is 5.91 Å². The molecule has 0 aromatic heterocycles. The Morgan fingerprint density at radius 1 is 0.522 bits per heavy atom. The van der Waals surface area contributed by atoms with E-state index in [1.165, 1.54) is 154 Å². The van der Waals surface area contributed by atoms with Gasteiger partial charge in [-0.2, -0.15) is 0 Å². The van der Waals surface area contributed by atoms with Crippen molar-refractivity contribution in [1.29, 1.82) is 0 Å². The fourth-order valence-corrected chi connectivity index (χ4v) is 5.98. The zero-order chi connectivity index (χ0) is 33.6. The first-order chi connectivity index (χ1) is 22.7. The van der Waals surface area contributed by atoms with Crippen molar-refractivity contribution in [3.05, 3.63) is 36.5 Å². The predicted octanol–water partition coefficient (Wildman–Crippen LogP) is 12.2. The molecule has 0 heterocycles. The fourth-order valence-electron chi connectivity index (χ4n) is 5.98. The van der Waals surface area contributed by atoms with Gasteiger partial charge in [0.25, 0.3) is 0 Å². The molecule has 270 valence electrons. The summed E-state index contributed by atoms with van der Waals surface area (Å²) in [6, 6.07) is -0.615.